The third-order valence-electron chi connectivity index (χ3n) is 11.5. The lowest BCUT2D eigenvalue weighted by atomic mass is 10.2. The SMILES string of the molecule is C[C@H]1Cn2ncc(N3CCCC3=O)c2CN1C(=O)Nc1cc(F)c(F)c(Cl)c1.C[C@H]1Cn2ncc(N3CCCC3=O)c2CN1C(=O)OC(C)(C)C.O=C(Nc1cc(F)c(F)c(Cl)c1)Oc1ccccc1. The average molecular weight is 1010 g/mol. The maximum Gasteiger partial charge on any atom is 0.417 e. The first-order chi connectivity index (χ1) is 33.2. The highest BCUT2D eigenvalue weighted by Gasteiger charge is 2.36. The van der Waals surface area contributed by atoms with Crippen molar-refractivity contribution in [1.29, 1.82) is 0 Å². The van der Waals surface area contributed by atoms with Crippen LogP contribution in [0.3, 0.4) is 0 Å². The molecule has 4 aliphatic rings. The van der Waals surface area contributed by atoms with Gasteiger partial charge in [0.1, 0.15) is 11.4 Å². The number of rotatable bonds is 5. The molecule has 2 atom stereocenters. The smallest absolute Gasteiger partial charge is 0.417 e. The van der Waals surface area contributed by atoms with E-state index in [0.717, 1.165) is 60.7 Å². The van der Waals surface area contributed by atoms with Gasteiger partial charge in [-0.2, -0.15) is 10.2 Å². The lowest BCUT2D eigenvalue weighted by Crippen LogP contribution is -2.47. The summed E-state index contributed by atoms with van der Waals surface area (Å²) in [5, 5.41) is 12.7. The van der Waals surface area contributed by atoms with Gasteiger partial charge in [-0.25, -0.2) is 31.9 Å². The largest absolute Gasteiger partial charge is 0.444 e. The van der Waals surface area contributed by atoms with Crippen LogP contribution in [0.1, 0.15) is 71.7 Å². The van der Waals surface area contributed by atoms with Crippen LogP contribution in [-0.2, 0) is 40.5 Å². The Kier molecular flexibility index (Phi) is 15.6. The second-order valence-electron chi connectivity index (χ2n) is 17.8. The number of nitrogens with zero attached hydrogens (tertiary/aromatic N) is 8. The summed E-state index contributed by atoms with van der Waals surface area (Å²) in [6.45, 7) is 12.5. The van der Waals surface area contributed by atoms with Crippen LogP contribution in [0.4, 0.5) is 54.7 Å². The molecule has 2 aromatic heterocycles. The third kappa shape index (κ3) is 11.9. The molecule has 0 saturated carbocycles. The number of para-hydroxylation sites is 1. The summed E-state index contributed by atoms with van der Waals surface area (Å²) in [7, 11) is 0. The third-order valence-corrected chi connectivity index (χ3v) is 12.0. The average Bonchev–Trinajstić information content (AvgIpc) is 4.11. The van der Waals surface area contributed by atoms with Crippen molar-refractivity contribution in [2.75, 3.05) is 33.5 Å². The molecule has 6 amide bonds. The molecule has 9 rings (SSSR count). The van der Waals surface area contributed by atoms with Gasteiger partial charge in [-0.15, -0.1) is 0 Å². The molecule has 0 unspecified atom stereocenters. The van der Waals surface area contributed by atoms with E-state index in [9.17, 15) is 41.5 Å². The molecule has 2 N–H and O–H groups in total. The van der Waals surface area contributed by atoms with E-state index in [1.807, 2.05) is 39.3 Å². The molecule has 0 radical (unpaired) electrons. The second kappa shape index (κ2) is 21.4. The van der Waals surface area contributed by atoms with Gasteiger partial charge in [-0.05, 0) is 71.7 Å². The highest BCUT2D eigenvalue weighted by molar-refractivity contribution is 6.31. The van der Waals surface area contributed by atoms with Crippen molar-refractivity contribution in [2.45, 2.75) is 104 Å². The van der Waals surface area contributed by atoms with E-state index in [4.69, 9.17) is 32.7 Å². The molecule has 372 valence electrons. The van der Waals surface area contributed by atoms with E-state index in [2.05, 4.69) is 20.8 Å². The number of carbonyl (C=O) groups is 5. The molecule has 70 heavy (non-hydrogen) atoms. The zero-order valence-electron chi connectivity index (χ0n) is 38.8. The highest BCUT2D eigenvalue weighted by Crippen LogP contribution is 2.33. The number of anilines is 4. The summed E-state index contributed by atoms with van der Waals surface area (Å²) in [5.74, 6) is -4.11. The molecule has 4 aliphatic heterocycles. The minimum atomic E-state index is -1.16. The van der Waals surface area contributed by atoms with Gasteiger partial charge in [0.25, 0.3) is 0 Å². The molecule has 2 fully saturated rings. The topological polar surface area (TPSA) is 176 Å². The molecule has 3 aromatic carbocycles. The molecule has 23 heteroatoms. The lowest BCUT2D eigenvalue weighted by Gasteiger charge is -2.36. The molecular weight excluding hydrogens is 963 g/mol. The van der Waals surface area contributed by atoms with E-state index in [-0.39, 0.29) is 47.9 Å². The summed E-state index contributed by atoms with van der Waals surface area (Å²) >= 11 is 11.1. The Labute approximate surface area is 410 Å². The van der Waals surface area contributed by atoms with Crippen molar-refractivity contribution < 1.29 is 51.0 Å². The zero-order chi connectivity index (χ0) is 50.6. The van der Waals surface area contributed by atoms with Crippen molar-refractivity contribution in [3.63, 3.8) is 0 Å². The van der Waals surface area contributed by atoms with Crippen LogP contribution < -0.4 is 25.2 Å². The summed E-state index contributed by atoms with van der Waals surface area (Å²) in [4.78, 5) is 67.6. The molecule has 0 bridgehead atoms. The molecule has 2 saturated heterocycles. The van der Waals surface area contributed by atoms with Crippen molar-refractivity contribution in [3.05, 3.63) is 112 Å². The summed E-state index contributed by atoms with van der Waals surface area (Å²) in [6.07, 6.45) is 4.99. The van der Waals surface area contributed by atoms with Crippen LogP contribution >= 0.6 is 23.2 Å². The minimum absolute atomic E-state index is 0.000574. The monoisotopic (exact) mass is 1010 g/mol. The van der Waals surface area contributed by atoms with E-state index >= 15 is 0 Å². The van der Waals surface area contributed by atoms with E-state index in [0.29, 0.717) is 50.5 Å². The number of urea groups is 1. The van der Waals surface area contributed by atoms with Crippen LogP contribution in [0.2, 0.25) is 10.0 Å². The fourth-order valence-electron chi connectivity index (χ4n) is 8.06. The van der Waals surface area contributed by atoms with E-state index in [1.54, 1.807) is 67.0 Å². The summed E-state index contributed by atoms with van der Waals surface area (Å²) < 4.78 is 67.0. The second-order valence-corrected chi connectivity index (χ2v) is 18.6. The normalized spacial score (nSPS) is 17.5. The van der Waals surface area contributed by atoms with Crippen molar-refractivity contribution in [2.24, 2.45) is 0 Å². The summed E-state index contributed by atoms with van der Waals surface area (Å²) in [6, 6.07) is 11.6. The first kappa shape index (κ1) is 51.0. The molecular formula is C47H50Cl2F4N10O7. The van der Waals surface area contributed by atoms with Gasteiger partial charge in [-0.1, -0.05) is 41.4 Å². The zero-order valence-corrected chi connectivity index (χ0v) is 40.3. The van der Waals surface area contributed by atoms with Gasteiger partial charge < -0.3 is 29.5 Å². The number of benzene rings is 3. The van der Waals surface area contributed by atoms with Crippen LogP contribution in [0.25, 0.3) is 0 Å². The fraction of sp³-hybridized carbons (Fsp3) is 0.383. The quantitative estimate of drug-likeness (QED) is 0.128. The summed E-state index contributed by atoms with van der Waals surface area (Å²) in [5.41, 5.74) is 2.76. The van der Waals surface area contributed by atoms with Crippen LogP contribution in [-0.4, -0.2) is 90.2 Å². The van der Waals surface area contributed by atoms with Gasteiger partial charge >= 0.3 is 18.2 Å². The molecule has 0 spiro atoms. The molecule has 0 aliphatic carbocycles. The lowest BCUT2D eigenvalue weighted by molar-refractivity contribution is -0.117. The number of hydrogen-bond acceptors (Lipinski definition) is 9. The highest BCUT2D eigenvalue weighted by atomic mass is 35.5. The first-order valence-corrected chi connectivity index (χ1v) is 23.0. The van der Waals surface area contributed by atoms with Gasteiger partial charge in [0.2, 0.25) is 11.8 Å². The number of amides is 6. The standard InChI is InChI=1S/C18H18ClF2N5O2.C16H24N4O3.C13H8ClF2NO2/c1-10-8-26-15(14(7-22-26)24-4-2-3-16(24)27)9-25(10)18(28)23-11-5-12(19)17(21)13(20)6-11;1-11-9-20-13(10-19(11)15(22)23-16(2,3)4)12(8-17-20)18-7-5-6-14(18)21;14-10-6-8(7-11(15)12(10)16)17-13(18)19-9-4-2-1-3-5-9/h5-7,10H,2-4,8-9H2,1H3,(H,23,28);8,11H,5-7,9-10H2,1-4H3;1-7H,(H,17,18)/t10-;11-;/m00./s1. The van der Waals surface area contributed by atoms with Crippen LogP contribution in [0.15, 0.2) is 67.0 Å². The number of ether oxygens (including phenoxy) is 2. The number of hydrogen-bond donors (Lipinski definition) is 2. The Morgan fingerprint density at radius 3 is 1.63 bits per heavy atom. The van der Waals surface area contributed by atoms with Crippen molar-refractivity contribution in [1.82, 2.24) is 29.4 Å². The predicted molar refractivity (Wildman–Crippen MR) is 252 cm³/mol. The van der Waals surface area contributed by atoms with Crippen molar-refractivity contribution in [3.8, 4) is 5.75 Å². The molecule has 17 nitrogen and oxygen atoms in total. The Hall–Kier alpha value is -6.87. The van der Waals surface area contributed by atoms with Gasteiger partial charge in [0, 0.05) is 49.4 Å². The Morgan fingerprint density at radius 2 is 1.17 bits per heavy atom. The number of nitrogens with one attached hydrogen (secondary N) is 2. The van der Waals surface area contributed by atoms with Crippen molar-refractivity contribution >= 4 is 76.0 Å². The Bertz CT molecular complexity index is 2740. The minimum Gasteiger partial charge on any atom is -0.444 e. The maximum atomic E-state index is 13.6. The van der Waals surface area contributed by atoms with Crippen LogP contribution in [0, 0.1) is 23.3 Å². The van der Waals surface area contributed by atoms with Crippen LogP contribution in [0.5, 0.6) is 5.75 Å². The van der Waals surface area contributed by atoms with Gasteiger partial charge in [0.15, 0.2) is 23.3 Å². The molecule has 6 heterocycles. The number of carbonyl (C=O) groups excluding carboxylic acids is 5. The fourth-order valence-corrected chi connectivity index (χ4v) is 8.47. The molecule has 5 aromatic rings. The number of halogens is 6. The van der Waals surface area contributed by atoms with E-state index in [1.165, 1.54) is 0 Å². The van der Waals surface area contributed by atoms with Gasteiger partial charge in [-0.3, -0.25) is 29.2 Å². The Balaban J connectivity index is 0.000000158. The maximum absolute atomic E-state index is 13.6. The first-order valence-electron chi connectivity index (χ1n) is 22.3. The van der Waals surface area contributed by atoms with Gasteiger partial charge in [0.05, 0.1) is 83.5 Å². The number of fused-ring (bicyclic) bond motifs is 2. The number of aromatic nitrogens is 4. The predicted octanol–water partition coefficient (Wildman–Crippen LogP) is 9.76. The van der Waals surface area contributed by atoms with E-state index < -0.39 is 51.0 Å². The Morgan fingerprint density at radius 1 is 0.700 bits per heavy atom.